The number of anilines is 1. The van der Waals surface area contributed by atoms with Gasteiger partial charge in [-0.25, -0.2) is 9.78 Å². The Kier molecular flexibility index (Phi) is 5.92. The smallest absolute Gasteiger partial charge is 0.357 e. The van der Waals surface area contributed by atoms with E-state index < -0.39 is 5.97 Å². The van der Waals surface area contributed by atoms with Crippen molar-refractivity contribution in [1.82, 2.24) is 4.98 Å². The van der Waals surface area contributed by atoms with E-state index in [4.69, 9.17) is 9.47 Å². The third kappa shape index (κ3) is 4.55. The van der Waals surface area contributed by atoms with Crippen molar-refractivity contribution in [1.29, 1.82) is 0 Å². The Morgan fingerprint density at radius 3 is 2.50 bits per heavy atom. The maximum atomic E-state index is 12.0. The Morgan fingerprint density at radius 1 is 1.21 bits per heavy atom. The molecule has 2 aromatic rings. The number of benzene rings is 1. The van der Waals surface area contributed by atoms with Crippen LogP contribution in [-0.2, 0) is 9.53 Å². The van der Waals surface area contributed by atoms with Crippen LogP contribution in [0.2, 0.25) is 0 Å². The Morgan fingerprint density at radius 2 is 1.88 bits per heavy atom. The molecular weight excluding hydrogens is 328 g/mol. The second-order valence-electron chi connectivity index (χ2n) is 5.32. The zero-order valence-electron chi connectivity index (χ0n) is 14.1. The molecule has 1 aromatic carbocycles. The van der Waals surface area contributed by atoms with Gasteiger partial charge in [0, 0.05) is 5.38 Å². The van der Waals surface area contributed by atoms with Crippen LogP contribution in [0.1, 0.15) is 34.1 Å². The first-order valence-electron chi connectivity index (χ1n) is 7.53. The number of nitrogens with zero attached hydrogens (tertiary/aromatic N) is 1. The van der Waals surface area contributed by atoms with Crippen LogP contribution in [0.5, 0.6) is 5.75 Å². The fourth-order valence-electron chi connectivity index (χ4n) is 2.32. The van der Waals surface area contributed by atoms with Gasteiger partial charge in [-0.15, -0.1) is 11.3 Å². The second-order valence-corrected chi connectivity index (χ2v) is 6.18. The summed E-state index contributed by atoms with van der Waals surface area (Å²) in [6.07, 6.45) is 0. The van der Waals surface area contributed by atoms with E-state index in [2.05, 4.69) is 10.3 Å². The van der Waals surface area contributed by atoms with Gasteiger partial charge in [-0.05, 0) is 38.8 Å². The van der Waals surface area contributed by atoms with Gasteiger partial charge in [-0.2, -0.15) is 0 Å². The maximum absolute atomic E-state index is 12.0. The highest BCUT2D eigenvalue weighted by Gasteiger charge is 2.14. The number of ether oxygens (including phenoxy) is 2. The monoisotopic (exact) mass is 348 g/mol. The van der Waals surface area contributed by atoms with Gasteiger partial charge in [-0.3, -0.25) is 10.1 Å². The number of aromatic nitrogens is 1. The molecule has 0 saturated carbocycles. The lowest BCUT2D eigenvalue weighted by molar-refractivity contribution is -0.118. The van der Waals surface area contributed by atoms with E-state index in [1.165, 1.54) is 0 Å². The lowest BCUT2D eigenvalue weighted by atomic mass is 10.1. The van der Waals surface area contributed by atoms with Gasteiger partial charge in [0.25, 0.3) is 5.91 Å². The molecule has 1 N–H and O–H groups in total. The molecule has 0 spiro atoms. The number of aryl methyl sites for hydroxylation is 3. The number of amides is 1. The molecule has 1 aromatic heterocycles. The first-order valence-corrected chi connectivity index (χ1v) is 8.41. The SMILES string of the molecule is CCOC(=O)c1csc(NC(=O)COc2c(C)cc(C)cc2C)n1. The molecule has 24 heavy (non-hydrogen) atoms. The summed E-state index contributed by atoms with van der Waals surface area (Å²) in [7, 11) is 0. The van der Waals surface area contributed by atoms with Gasteiger partial charge in [-0.1, -0.05) is 17.7 Å². The molecule has 0 bridgehead atoms. The standard InChI is InChI=1S/C17H20N2O4S/c1-5-22-16(21)13-9-24-17(18-13)19-14(20)8-23-15-11(3)6-10(2)7-12(15)4/h6-7,9H,5,8H2,1-4H3,(H,18,19,20). The normalized spacial score (nSPS) is 10.3. The van der Waals surface area contributed by atoms with Crippen molar-refractivity contribution in [3.63, 3.8) is 0 Å². The summed E-state index contributed by atoms with van der Waals surface area (Å²) in [5.74, 6) is -0.127. The minimum Gasteiger partial charge on any atom is -0.483 e. The fourth-order valence-corrected chi connectivity index (χ4v) is 3.01. The molecular formula is C17H20N2O4S. The molecule has 2 rings (SSSR count). The van der Waals surface area contributed by atoms with Crippen molar-refractivity contribution in [2.45, 2.75) is 27.7 Å². The van der Waals surface area contributed by atoms with Gasteiger partial charge in [0.2, 0.25) is 0 Å². The molecule has 6 nitrogen and oxygen atoms in total. The van der Waals surface area contributed by atoms with Crippen LogP contribution in [0.4, 0.5) is 5.13 Å². The molecule has 0 atom stereocenters. The predicted octanol–water partition coefficient (Wildman–Crippen LogP) is 3.26. The summed E-state index contributed by atoms with van der Waals surface area (Å²) in [6.45, 7) is 7.78. The quantitative estimate of drug-likeness (QED) is 0.811. The van der Waals surface area contributed by atoms with Crippen LogP contribution in [0, 0.1) is 20.8 Å². The molecule has 0 aliphatic rings. The van der Waals surface area contributed by atoms with Gasteiger partial charge in [0.1, 0.15) is 5.75 Å². The molecule has 0 radical (unpaired) electrons. The Bertz CT molecular complexity index is 732. The summed E-state index contributed by atoms with van der Waals surface area (Å²) in [6, 6.07) is 4.01. The average Bonchev–Trinajstić information content (AvgIpc) is 2.95. The van der Waals surface area contributed by atoms with Crippen LogP contribution >= 0.6 is 11.3 Å². The van der Waals surface area contributed by atoms with E-state index in [9.17, 15) is 9.59 Å². The maximum Gasteiger partial charge on any atom is 0.357 e. The largest absolute Gasteiger partial charge is 0.483 e. The Hall–Kier alpha value is -2.41. The summed E-state index contributed by atoms with van der Waals surface area (Å²) >= 11 is 1.16. The summed E-state index contributed by atoms with van der Waals surface area (Å²) < 4.78 is 10.5. The molecule has 7 heteroatoms. The van der Waals surface area contributed by atoms with Crippen LogP contribution in [-0.4, -0.2) is 30.1 Å². The highest BCUT2D eigenvalue weighted by molar-refractivity contribution is 7.14. The van der Waals surface area contributed by atoms with Crippen LogP contribution in [0.25, 0.3) is 0 Å². The highest BCUT2D eigenvalue weighted by Crippen LogP contribution is 2.24. The minimum atomic E-state index is -0.503. The van der Waals surface area contributed by atoms with E-state index in [0.717, 1.165) is 28.0 Å². The molecule has 0 saturated heterocycles. The summed E-state index contributed by atoms with van der Waals surface area (Å²) in [4.78, 5) is 27.6. The van der Waals surface area contributed by atoms with Gasteiger partial charge in [0.15, 0.2) is 17.4 Å². The average molecular weight is 348 g/mol. The van der Waals surface area contributed by atoms with Crippen molar-refractivity contribution in [3.05, 3.63) is 39.9 Å². The Balaban J connectivity index is 1.94. The molecule has 1 heterocycles. The van der Waals surface area contributed by atoms with Gasteiger partial charge in [0.05, 0.1) is 6.61 Å². The van der Waals surface area contributed by atoms with Crippen molar-refractivity contribution < 1.29 is 19.1 Å². The van der Waals surface area contributed by atoms with Gasteiger partial charge >= 0.3 is 5.97 Å². The minimum absolute atomic E-state index is 0.126. The number of rotatable bonds is 6. The number of carbonyl (C=O) groups is 2. The lowest BCUT2D eigenvalue weighted by Gasteiger charge is -2.12. The molecule has 0 aliphatic heterocycles. The summed E-state index contributed by atoms with van der Waals surface area (Å²) in [5, 5.41) is 4.50. The second kappa shape index (κ2) is 7.92. The number of thiazole rings is 1. The molecule has 0 aliphatic carbocycles. The van der Waals surface area contributed by atoms with E-state index in [-0.39, 0.29) is 24.8 Å². The number of esters is 1. The molecule has 0 fully saturated rings. The zero-order valence-corrected chi connectivity index (χ0v) is 15.0. The van der Waals surface area contributed by atoms with Crippen LogP contribution < -0.4 is 10.1 Å². The topological polar surface area (TPSA) is 77.5 Å². The first-order chi connectivity index (χ1) is 11.4. The molecule has 1 amide bonds. The van der Waals surface area contributed by atoms with Gasteiger partial charge < -0.3 is 9.47 Å². The van der Waals surface area contributed by atoms with Crippen LogP contribution in [0.15, 0.2) is 17.5 Å². The third-order valence-corrected chi connectivity index (χ3v) is 3.95. The number of nitrogens with one attached hydrogen (secondary N) is 1. The number of carbonyl (C=O) groups excluding carboxylic acids is 2. The fraction of sp³-hybridized carbons (Fsp3) is 0.353. The van der Waals surface area contributed by atoms with Crippen molar-refractivity contribution >= 4 is 28.3 Å². The van der Waals surface area contributed by atoms with Crippen LogP contribution in [0.3, 0.4) is 0 Å². The van der Waals surface area contributed by atoms with Crippen molar-refractivity contribution in [2.75, 3.05) is 18.5 Å². The lowest BCUT2D eigenvalue weighted by Crippen LogP contribution is -2.20. The van der Waals surface area contributed by atoms with E-state index >= 15 is 0 Å². The van der Waals surface area contributed by atoms with E-state index in [1.807, 2.05) is 32.9 Å². The molecule has 128 valence electrons. The number of hydrogen-bond acceptors (Lipinski definition) is 6. The van der Waals surface area contributed by atoms with E-state index in [1.54, 1.807) is 12.3 Å². The van der Waals surface area contributed by atoms with Crippen molar-refractivity contribution in [2.24, 2.45) is 0 Å². The zero-order chi connectivity index (χ0) is 17.7. The summed E-state index contributed by atoms with van der Waals surface area (Å²) in [5.41, 5.74) is 3.30. The van der Waals surface area contributed by atoms with Crippen molar-refractivity contribution in [3.8, 4) is 5.75 Å². The highest BCUT2D eigenvalue weighted by atomic mass is 32.1. The third-order valence-electron chi connectivity index (χ3n) is 3.19. The van der Waals surface area contributed by atoms with E-state index in [0.29, 0.717) is 10.9 Å². The first kappa shape index (κ1) is 17.9. The number of hydrogen-bond donors (Lipinski definition) is 1. The Labute approximate surface area is 144 Å². The molecule has 0 unspecified atom stereocenters. The predicted molar refractivity (Wildman–Crippen MR) is 92.8 cm³/mol.